The van der Waals surface area contributed by atoms with Crippen molar-refractivity contribution in [1.82, 2.24) is 13.3 Å². The quantitative estimate of drug-likeness (QED) is 0.315. The zero-order valence-corrected chi connectivity index (χ0v) is 13.3. The minimum Gasteiger partial charge on any atom is -0.237 e. The first-order chi connectivity index (χ1) is 6.40. The van der Waals surface area contributed by atoms with Gasteiger partial charge in [-0.15, -0.1) is 3.96 Å². The third-order valence-corrected chi connectivity index (χ3v) is 11.7. The monoisotopic (exact) mass is 375 g/mol. The van der Waals surface area contributed by atoms with Gasteiger partial charge >= 0.3 is 4.64 Å². The van der Waals surface area contributed by atoms with Gasteiger partial charge in [-0.25, -0.2) is 9.15 Å². The van der Waals surface area contributed by atoms with E-state index in [0.29, 0.717) is 0 Å². The van der Waals surface area contributed by atoms with Crippen LogP contribution in [0.1, 0.15) is 0 Å². The maximum atomic E-state index is 5.97. The van der Waals surface area contributed by atoms with E-state index in [-0.39, 0.29) is 8.88 Å². The van der Waals surface area contributed by atoms with Crippen LogP contribution in [0.4, 0.5) is 0 Å². The summed E-state index contributed by atoms with van der Waals surface area (Å²) in [5.74, 6) is 0. The van der Waals surface area contributed by atoms with Crippen LogP contribution in [0.5, 0.6) is 0 Å². The van der Waals surface area contributed by atoms with Crippen molar-refractivity contribution in [1.29, 1.82) is 0 Å². The molecule has 0 bridgehead atoms. The van der Waals surface area contributed by atoms with Gasteiger partial charge in [-0.1, -0.05) is 45.7 Å². The molecule has 0 aromatic heterocycles. The summed E-state index contributed by atoms with van der Waals surface area (Å²) in [6, 6.07) is 0. The minimum absolute atomic E-state index is 0.0247. The number of hydrogen-bond donors (Lipinski definition) is 1. The molecule has 1 saturated heterocycles. The molecule has 0 spiro atoms. The summed E-state index contributed by atoms with van der Waals surface area (Å²) < 4.78 is 5.17. The highest BCUT2D eigenvalue weighted by Gasteiger charge is 2.46. The molecule has 1 rings (SSSR count). The summed E-state index contributed by atoms with van der Waals surface area (Å²) in [4.78, 5) is 2.85. The molecule has 84 valence electrons. The number of alkyl halides is 2. The molecule has 0 aromatic rings. The average Bonchev–Trinajstić information content (AvgIpc) is 2.14. The normalized spacial score (nSPS) is 33.9. The fraction of sp³-hybridized carbons (Fsp3) is 1.00. The summed E-state index contributed by atoms with van der Waals surface area (Å²) in [6.07, 6.45) is 0. The smallest absolute Gasteiger partial charge is 0.237 e. The van der Waals surface area contributed by atoms with E-state index in [1.165, 1.54) is 8.40 Å². The van der Waals surface area contributed by atoms with Gasteiger partial charge in [0.25, 0.3) is 0 Å². The number of nitrogens with one attached hydrogen (secondary N) is 1. The van der Waals surface area contributed by atoms with Crippen LogP contribution in [0.25, 0.3) is 0 Å². The molecule has 3 unspecified atom stereocenters. The van der Waals surface area contributed by atoms with E-state index in [2.05, 4.69) is 9.15 Å². The van der Waals surface area contributed by atoms with Gasteiger partial charge in [0.15, 0.2) is 15.2 Å². The van der Waals surface area contributed by atoms with Crippen LogP contribution >= 0.6 is 93.4 Å². The molecule has 3 atom stereocenters. The Morgan fingerprint density at radius 2 is 1.93 bits per heavy atom. The number of hydrogen-bond acceptors (Lipinski definition) is 4. The molecular weight excluding hydrogens is 376 g/mol. The van der Waals surface area contributed by atoms with Crippen molar-refractivity contribution >= 4 is 93.4 Å². The lowest BCUT2D eigenvalue weighted by molar-refractivity contribution is 0.200. The molecule has 13 heteroatoms. The zero-order valence-electron chi connectivity index (χ0n) is 5.96. The summed E-state index contributed by atoms with van der Waals surface area (Å²) in [5.41, 5.74) is 0. The third kappa shape index (κ3) is 3.43. The van der Waals surface area contributed by atoms with Gasteiger partial charge in [0, 0.05) is 8.88 Å². The SMILES string of the molecule is ClOC(Cl)(Cl)N1PNP(Cl)N(Cl)P1Cl. The van der Waals surface area contributed by atoms with E-state index in [4.69, 9.17) is 69.3 Å². The predicted molar refractivity (Wildman–Crippen MR) is 67.9 cm³/mol. The lowest BCUT2D eigenvalue weighted by Crippen LogP contribution is -2.35. The number of rotatable bonds is 2. The van der Waals surface area contributed by atoms with Crippen LogP contribution in [0.2, 0.25) is 0 Å². The van der Waals surface area contributed by atoms with E-state index in [0.717, 1.165) is 0 Å². The summed E-state index contributed by atoms with van der Waals surface area (Å²) in [6.45, 7) is 0. The lowest BCUT2D eigenvalue weighted by atomic mass is 11.3. The summed E-state index contributed by atoms with van der Waals surface area (Å²) >= 11 is 34.1. The molecule has 1 heterocycles. The Labute approximate surface area is 115 Å². The Hall–Kier alpha value is 2.87. The zero-order chi connectivity index (χ0) is 10.9. The Balaban J connectivity index is 2.72. The van der Waals surface area contributed by atoms with E-state index in [1.54, 1.807) is 0 Å². The molecule has 1 fully saturated rings. The lowest BCUT2D eigenvalue weighted by Gasteiger charge is -2.41. The molecule has 0 radical (unpaired) electrons. The fourth-order valence-electron chi connectivity index (χ4n) is 0.504. The molecule has 0 aromatic carbocycles. The van der Waals surface area contributed by atoms with Crippen LogP contribution in [-0.2, 0) is 4.29 Å². The van der Waals surface area contributed by atoms with Gasteiger partial charge in [-0.3, -0.25) is 0 Å². The molecule has 14 heavy (non-hydrogen) atoms. The molecular formula is CH2Cl6N3OP3. The second-order valence-electron chi connectivity index (χ2n) is 1.84. The van der Waals surface area contributed by atoms with Gasteiger partial charge in [0.1, 0.15) is 0 Å². The first-order valence-electron chi connectivity index (χ1n) is 2.76. The molecule has 0 amide bonds. The van der Waals surface area contributed by atoms with Crippen molar-refractivity contribution in [3.63, 3.8) is 0 Å². The highest BCUT2D eigenvalue weighted by atomic mass is 35.7. The minimum atomic E-state index is -1.74. The highest BCUT2D eigenvalue weighted by Crippen LogP contribution is 2.73. The Morgan fingerprint density at radius 1 is 1.36 bits per heavy atom. The molecule has 1 aliphatic heterocycles. The summed E-state index contributed by atoms with van der Waals surface area (Å²) in [7, 11) is -2.69. The van der Waals surface area contributed by atoms with Gasteiger partial charge in [0.05, 0.1) is 11.9 Å². The van der Waals surface area contributed by atoms with Crippen molar-refractivity contribution in [2.24, 2.45) is 0 Å². The van der Waals surface area contributed by atoms with Crippen molar-refractivity contribution in [2.75, 3.05) is 0 Å². The van der Waals surface area contributed by atoms with Crippen molar-refractivity contribution < 1.29 is 4.29 Å². The maximum Gasteiger partial charge on any atom is 0.305 e. The van der Waals surface area contributed by atoms with Crippen molar-refractivity contribution in [3.05, 3.63) is 0 Å². The Kier molecular flexibility index (Phi) is 6.57. The van der Waals surface area contributed by atoms with E-state index < -0.39 is 19.8 Å². The van der Waals surface area contributed by atoms with Crippen molar-refractivity contribution in [3.8, 4) is 0 Å². The second-order valence-corrected chi connectivity index (χ2v) is 10.3. The van der Waals surface area contributed by atoms with E-state index in [9.17, 15) is 0 Å². The number of halogens is 6. The van der Waals surface area contributed by atoms with Crippen LogP contribution < -0.4 is 4.86 Å². The predicted octanol–water partition coefficient (Wildman–Crippen LogP) is 5.05. The third-order valence-electron chi connectivity index (χ3n) is 1.03. The second kappa shape index (κ2) is 6.16. The van der Waals surface area contributed by atoms with E-state index >= 15 is 0 Å². The molecule has 1 N–H and O–H groups in total. The van der Waals surface area contributed by atoms with Gasteiger partial charge in [-0.05, 0) is 11.8 Å². The van der Waals surface area contributed by atoms with Gasteiger partial charge < -0.3 is 0 Å². The van der Waals surface area contributed by atoms with Crippen LogP contribution in [-0.4, -0.2) is 13.0 Å². The van der Waals surface area contributed by atoms with E-state index in [1.807, 2.05) is 0 Å². The Bertz CT molecular complexity index is 209. The van der Waals surface area contributed by atoms with Crippen molar-refractivity contribution in [2.45, 2.75) is 4.64 Å². The topological polar surface area (TPSA) is 27.7 Å². The molecule has 0 saturated carbocycles. The first kappa shape index (κ1) is 14.9. The standard InChI is InChI=1S/CH2Cl6N3OP3/c2-1(3,11-5)9-12-8-13(6)10(4)14(9)7/h8,12H. The molecule has 1 aliphatic rings. The van der Waals surface area contributed by atoms with Gasteiger partial charge in [-0.2, -0.15) is 4.44 Å². The van der Waals surface area contributed by atoms with Crippen LogP contribution in [0, 0.1) is 0 Å². The van der Waals surface area contributed by atoms with Crippen LogP contribution in [0.15, 0.2) is 0 Å². The highest BCUT2D eigenvalue weighted by molar-refractivity contribution is 7.99. The first-order valence-corrected chi connectivity index (χ1v) is 9.47. The largest absolute Gasteiger partial charge is 0.305 e. The molecule has 0 aliphatic carbocycles. The number of nitrogens with zero attached hydrogens (tertiary/aromatic N) is 2. The summed E-state index contributed by atoms with van der Waals surface area (Å²) in [5, 5.41) is 0. The van der Waals surface area contributed by atoms with Gasteiger partial charge in [0.2, 0.25) is 0 Å². The fourth-order valence-corrected chi connectivity index (χ4v) is 8.79. The average molecular weight is 378 g/mol. The Morgan fingerprint density at radius 3 is 2.43 bits per heavy atom. The molecule has 4 nitrogen and oxygen atoms in total. The maximum absolute atomic E-state index is 5.97. The van der Waals surface area contributed by atoms with Crippen LogP contribution in [0.3, 0.4) is 0 Å².